The lowest BCUT2D eigenvalue weighted by Crippen LogP contribution is -2.14. The zero-order chi connectivity index (χ0) is 14.1. The highest BCUT2D eigenvalue weighted by atomic mass is 19.1. The molecule has 0 spiro atoms. The summed E-state index contributed by atoms with van der Waals surface area (Å²) in [6.45, 7) is 5.95. The Hall–Kier alpha value is -1.09. The molecule has 0 heterocycles. The van der Waals surface area contributed by atoms with E-state index in [0.29, 0.717) is 12.1 Å². The van der Waals surface area contributed by atoms with E-state index in [1.807, 2.05) is 0 Å². The van der Waals surface area contributed by atoms with Crippen molar-refractivity contribution in [3.8, 4) is 5.75 Å². The van der Waals surface area contributed by atoms with Gasteiger partial charge in [0.05, 0.1) is 0 Å². The first-order chi connectivity index (χ1) is 9.09. The SMILES string of the molecule is CC(C)CCCCCCNCc1cc(F)ccc1O. The van der Waals surface area contributed by atoms with Crippen molar-refractivity contribution in [2.45, 2.75) is 52.5 Å². The van der Waals surface area contributed by atoms with Crippen LogP contribution in [0.5, 0.6) is 5.75 Å². The van der Waals surface area contributed by atoms with Gasteiger partial charge in [-0.25, -0.2) is 4.39 Å². The van der Waals surface area contributed by atoms with Gasteiger partial charge >= 0.3 is 0 Å². The van der Waals surface area contributed by atoms with E-state index in [9.17, 15) is 9.50 Å². The highest BCUT2D eigenvalue weighted by molar-refractivity contribution is 5.32. The fourth-order valence-corrected chi connectivity index (χ4v) is 2.07. The normalized spacial score (nSPS) is 11.2. The molecule has 0 aliphatic carbocycles. The molecule has 0 bridgehead atoms. The molecule has 0 saturated heterocycles. The van der Waals surface area contributed by atoms with E-state index in [1.54, 1.807) is 0 Å². The number of hydrogen-bond acceptors (Lipinski definition) is 2. The van der Waals surface area contributed by atoms with Gasteiger partial charge in [0.25, 0.3) is 0 Å². The third-order valence-electron chi connectivity index (χ3n) is 3.24. The summed E-state index contributed by atoms with van der Waals surface area (Å²) < 4.78 is 13.0. The van der Waals surface area contributed by atoms with Gasteiger partial charge in [-0.3, -0.25) is 0 Å². The van der Waals surface area contributed by atoms with Gasteiger partial charge in [0.1, 0.15) is 11.6 Å². The molecule has 3 heteroatoms. The smallest absolute Gasteiger partial charge is 0.123 e. The van der Waals surface area contributed by atoms with E-state index in [1.165, 1.54) is 43.9 Å². The number of benzene rings is 1. The first-order valence-corrected chi connectivity index (χ1v) is 7.27. The van der Waals surface area contributed by atoms with Crippen LogP contribution >= 0.6 is 0 Å². The number of halogens is 1. The minimum Gasteiger partial charge on any atom is -0.508 e. The van der Waals surface area contributed by atoms with Crippen molar-refractivity contribution < 1.29 is 9.50 Å². The van der Waals surface area contributed by atoms with Crippen molar-refractivity contribution in [3.63, 3.8) is 0 Å². The molecule has 1 aromatic rings. The summed E-state index contributed by atoms with van der Waals surface area (Å²) in [5.41, 5.74) is 0.625. The van der Waals surface area contributed by atoms with Crippen LogP contribution in [0.2, 0.25) is 0 Å². The van der Waals surface area contributed by atoms with Gasteiger partial charge in [0.15, 0.2) is 0 Å². The molecule has 0 aliphatic rings. The molecule has 0 atom stereocenters. The Balaban J connectivity index is 2.06. The molecular formula is C16H26FNO. The lowest BCUT2D eigenvalue weighted by molar-refractivity contribution is 0.460. The van der Waals surface area contributed by atoms with Crippen LogP contribution in [0.4, 0.5) is 4.39 Å². The van der Waals surface area contributed by atoms with Gasteiger partial charge in [0.2, 0.25) is 0 Å². The summed E-state index contributed by atoms with van der Waals surface area (Å²) in [6, 6.07) is 4.05. The fraction of sp³-hybridized carbons (Fsp3) is 0.625. The average molecular weight is 267 g/mol. The predicted octanol–water partition coefficient (Wildman–Crippen LogP) is 4.23. The highest BCUT2D eigenvalue weighted by Crippen LogP contribution is 2.17. The second-order valence-corrected chi connectivity index (χ2v) is 5.55. The minimum absolute atomic E-state index is 0.158. The number of nitrogens with one attached hydrogen (secondary N) is 1. The summed E-state index contributed by atoms with van der Waals surface area (Å²) >= 11 is 0. The van der Waals surface area contributed by atoms with Gasteiger partial charge in [-0.2, -0.15) is 0 Å². The van der Waals surface area contributed by atoms with E-state index in [-0.39, 0.29) is 11.6 Å². The summed E-state index contributed by atoms with van der Waals surface area (Å²) in [5.74, 6) is 0.656. The van der Waals surface area contributed by atoms with Gasteiger partial charge in [-0.1, -0.05) is 39.5 Å². The number of aromatic hydroxyl groups is 1. The molecule has 2 nitrogen and oxygen atoms in total. The van der Waals surface area contributed by atoms with E-state index in [0.717, 1.165) is 18.9 Å². The first kappa shape index (κ1) is 16.0. The summed E-state index contributed by atoms with van der Waals surface area (Å²) in [7, 11) is 0. The number of unbranched alkanes of at least 4 members (excludes halogenated alkanes) is 3. The van der Waals surface area contributed by atoms with Crippen molar-refractivity contribution in [1.82, 2.24) is 5.32 Å². The predicted molar refractivity (Wildman–Crippen MR) is 77.7 cm³/mol. The van der Waals surface area contributed by atoms with Crippen LogP contribution in [-0.4, -0.2) is 11.7 Å². The molecule has 2 N–H and O–H groups in total. The molecule has 19 heavy (non-hydrogen) atoms. The number of hydrogen-bond donors (Lipinski definition) is 2. The van der Waals surface area contributed by atoms with E-state index < -0.39 is 0 Å². The van der Waals surface area contributed by atoms with Crippen LogP contribution in [0.15, 0.2) is 18.2 Å². The van der Waals surface area contributed by atoms with Crippen LogP contribution in [0, 0.1) is 11.7 Å². The second-order valence-electron chi connectivity index (χ2n) is 5.55. The number of phenolic OH excluding ortho intramolecular Hbond substituents is 1. The fourth-order valence-electron chi connectivity index (χ4n) is 2.07. The lowest BCUT2D eigenvalue weighted by Gasteiger charge is -2.07. The van der Waals surface area contributed by atoms with Crippen molar-refractivity contribution in [1.29, 1.82) is 0 Å². The standard InChI is InChI=1S/C16H26FNO/c1-13(2)7-5-3-4-6-10-18-12-14-11-15(17)8-9-16(14)19/h8-9,11,13,18-19H,3-7,10,12H2,1-2H3. The molecule has 0 fully saturated rings. The van der Waals surface area contributed by atoms with Gasteiger partial charge in [-0.05, 0) is 37.1 Å². The Labute approximate surface area is 116 Å². The van der Waals surface area contributed by atoms with Gasteiger partial charge < -0.3 is 10.4 Å². The maximum absolute atomic E-state index is 13.0. The van der Waals surface area contributed by atoms with Gasteiger partial charge in [0, 0.05) is 12.1 Å². The Morgan fingerprint density at radius 1 is 1.16 bits per heavy atom. The average Bonchev–Trinajstić information content (AvgIpc) is 2.36. The molecular weight excluding hydrogens is 241 g/mol. The van der Waals surface area contributed by atoms with Crippen LogP contribution in [-0.2, 0) is 6.54 Å². The Kier molecular flexibility index (Phi) is 7.49. The lowest BCUT2D eigenvalue weighted by atomic mass is 10.0. The van der Waals surface area contributed by atoms with Crippen LogP contribution in [0.3, 0.4) is 0 Å². The molecule has 1 rings (SSSR count). The van der Waals surface area contributed by atoms with Crippen LogP contribution in [0.1, 0.15) is 51.5 Å². The Bertz CT molecular complexity index is 366. The molecule has 1 aromatic carbocycles. The quantitative estimate of drug-likeness (QED) is 0.656. The topological polar surface area (TPSA) is 32.3 Å². The van der Waals surface area contributed by atoms with E-state index in [2.05, 4.69) is 19.2 Å². The number of rotatable bonds is 9. The highest BCUT2D eigenvalue weighted by Gasteiger charge is 2.02. The number of phenols is 1. The Morgan fingerprint density at radius 3 is 2.63 bits per heavy atom. The maximum atomic E-state index is 13.0. The molecule has 0 unspecified atom stereocenters. The zero-order valence-electron chi connectivity index (χ0n) is 12.1. The molecule has 0 aromatic heterocycles. The van der Waals surface area contributed by atoms with E-state index in [4.69, 9.17) is 0 Å². The van der Waals surface area contributed by atoms with E-state index >= 15 is 0 Å². The van der Waals surface area contributed by atoms with Gasteiger partial charge in [-0.15, -0.1) is 0 Å². The van der Waals surface area contributed by atoms with Crippen LogP contribution < -0.4 is 5.32 Å². The third-order valence-corrected chi connectivity index (χ3v) is 3.24. The molecule has 0 saturated carbocycles. The van der Waals surface area contributed by atoms with Crippen LogP contribution in [0.25, 0.3) is 0 Å². The molecule has 108 valence electrons. The second kappa shape index (κ2) is 8.92. The molecule has 0 radical (unpaired) electrons. The summed E-state index contributed by atoms with van der Waals surface area (Å²) in [4.78, 5) is 0. The van der Waals surface area contributed by atoms with Crippen molar-refractivity contribution in [3.05, 3.63) is 29.6 Å². The summed E-state index contributed by atoms with van der Waals surface area (Å²) in [6.07, 6.45) is 6.26. The zero-order valence-corrected chi connectivity index (χ0v) is 12.1. The Morgan fingerprint density at radius 2 is 1.89 bits per heavy atom. The first-order valence-electron chi connectivity index (χ1n) is 7.27. The molecule has 0 amide bonds. The summed E-state index contributed by atoms with van der Waals surface area (Å²) in [5, 5.41) is 12.8. The maximum Gasteiger partial charge on any atom is 0.123 e. The molecule has 0 aliphatic heterocycles. The third kappa shape index (κ3) is 7.16. The van der Waals surface area contributed by atoms with Crippen molar-refractivity contribution in [2.75, 3.05) is 6.54 Å². The largest absolute Gasteiger partial charge is 0.508 e. The monoisotopic (exact) mass is 267 g/mol. The van der Waals surface area contributed by atoms with Crippen molar-refractivity contribution in [2.24, 2.45) is 5.92 Å². The van der Waals surface area contributed by atoms with Crippen molar-refractivity contribution >= 4 is 0 Å². The minimum atomic E-state index is -0.303.